The van der Waals surface area contributed by atoms with Crippen LogP contribution >= 0.6 is 0 Å². The van der Waals surface area contributed by atoms with Crippen LogP contribution in [0.5, 0.6) is 0 Å². The highest BCUT2D eigenvalue weighted by molar-refractivity contribution is 5.82. The van der Waals surface area contributed by atoms with Crippen molar-refractivity contribution in [1.82, 2.24) is 4.90 Å². The van der Waals surface area contributed by atoms with E-state index in [0.29, 0.717) is 19.7 Å². The second kappa shape index (κ2) is 8.95. The average molecular weight is 285 g/mol. The lowest BCUT2D eigenvalue weighted by atomic mass is 10.1. The summed E-state index contributed by atoms with van der Waals surface area (Å²) in [6, 6.07) is 0. The molecule has 1 amide bonds. The van der Waals surface area contributed by atoms with Crippen LogP contribution in [0.4, 0.5) is 0 Å². The first-order valence-corrected chi connectivity index (χ1v) is 7.58. The molecule has 5 nitrogen and oxygen atoms in total. The van der Waals surface area contributed by atoms with Crippen LogP contribution in [0, 0.1) is 5.92 Å². The van der Waals surface area contributed by atoms with Gasteiger partial charge in [0, 0.05) is 19.7 Å². The number of amides is 1. The van der Waals surface area contributed by atoms with Gasteiger partial charge in [-0.1, -0.05) is 26.7 Å². The molecule has 0 aromatic heterocycles. The van der Waals surface area contributed by atoms with Crippen LogP contribution in [0.2, 0.25) is 0 Å². The van der Waals surface area contributed by atoms with Crippen molar-refractivity contribution < 1.29 is 19.1 Å². The van der Waals surface area contributed by atoms with E-state index in [1.54, 1.807) is 11.8 Å². The highest BCUT2D eigenvalue weighted by Crippen LogP contribution is 2.16. The first kappa shape index (κ1) is 17.0. The number of methoxy groups -OCH3 is 1. The van der Waals surface area contributed by atoms with Gasteiger partial charge in [0.1, 0.15) is 6.10 Å². The lowest BCUT2D eigenvalue weighted by Gasteiger charge is -2.27. The van der Waals surface area contributed by atoms with E-state index >= 15 is 0 Å². The van der Waals surface area contributed by atoms with Crippen LogP contribution < -0.4 is 0 Å². The second-order valence-corrected chi connectivity index (χ2v) is 5.42. The van der Waals surface area contributed by atoms with Crippen molar-refractivity contribution in [1.29, 1.82) is 0 Å². The van der Waals surface area contributed by atoms with E-state index in [1.165, 1.54) is 7.11 Å². The number of hydrogen-bond donors (Lipinski definition) is 0. The fraction of sp³-hybridized carbons (Fsp3) is 0.867. The molecule has 0 bridgehead atoms. The van der Waals surface area contributed by atoms with Crippen molar-refractivity contribution in [2.45, 2.75) is 52.1 Å². The number of hydrogen-bond acceptors (Lipinski definition) is 4. The standard InChI is InChI=1S/C15H27NO4/c1-4-5-6-9-16(11-12(2)15(18)19-3)14(17)13-8-7-10-20-13/h12-13H,4-11H2,1-3H3. The second-order valence-electron chi connectivity index (χ2n) is 5.42. The molecule has 1 fully saturated rings. The Labute approximate surface area is 121 Å². The molecule has 0 aromatic carbocycles. The van der Waals surface area contributed by atoms with Gasteiger partial charge in [0.15, 0.2) is 0 Å². The fourth-order valence-electron chi connectivity index (χ4n) is 2.43. The molecular formula is C15H27NO4. The van der Waals surface area contributed by atoms with E-state index in [-0.39, 0.29) is 23.9 Å². The molecule has 2 unspecified atom stereocenters. The molecule has 0 radical (unpaired) electrons. The minimum absolute atomic E-state index is 0.0226. The third kappa shape index (κ3) is 5.12. The lowest BCUT2D eigenvalue weighted by molar-refractivity contribution is -0.148. The van der Waals surface area contributed by atoms with Gasteiger partial charge in [-0.05, 0) is 19.3 Å². The minimum atomic E-state index is -0.318. The maximum atomic E-state index is 12.4. The number of rotatable bonds is 8. The highest BCUT2D eigenvalue weighted by atomic mass is 16.5. The zero-order chi connectivity index (χ0) is 15.0. The van der Waals surface area contributed by atoms with Crippen molar-refractivity contribution in [2.24, 2.45) is 5.92 Å². The van der Waals surface area contributed by atoms with Crippen LogP contribution in [-0.4, -0.2) is 49.7 Å². The van der Waals surface area contributed by atoms with Crippen LogP contribution in [0.1, 0.15) is 46.0 Å². The summed E-state index contributed by atoms with van der Waals surface area (Å²) in [7, 11) is 1.38. The van der Waals surface area contributed by atoms with Crippen molar-refractivity contribution in [3.63, 3.8) is 0 Å². The lowest BCUT2D eigenvalue weighted by Crippen LogP contribution is -2.43. The zero-order valence-corrected chi connectivity index (χ0v) is 12.9. The minimum Gasteiger partial charge on any atom is -0.469 e. The summed E-state index contributed by atoms with van der Waals surface area (Å²) in [6.07, 6.45) is 4.56. The first-order chi connectivity index (χ1) is 9.60. The highest BCUT2D eigenvalue weighted by Gasteiger charge is 2.30. The number of ether oxygens (including phenoxy) is 2. The van der Waals surface area contributed by atoms with Gasteiger partial charge in [-0.15, -0.1) is 0 Å². The maximum absolute atomic E-state index is 12.4. The van der Waals surface area contributed by atoms with Crippen LogP contribution in [0.3, 0.4) is 0 Å². The Kier molecular flexibility index (Phi) is 7.59. The molecular weight excluding hydrogens is 258 g/mol. The van der Waals surface area contributed by atoms with E-state index < -0.39 is 0 Å². The first-order valence-electron chi connectivity index (χ1n) is 7.58. The summed E-state index contributed by atoms with van der Waals surface area (Å²) in [5.41, 5.74) is 0. The van der Waals surface area contributed by atoms with Gasteiger partial charge in [0.25, 0.3) is 5.91 Å². The Balaban J connectivity index is 2.58. The predicted octanol–water partition coefficient (Wildman–Crippen LogP) is 1.99. The van der Waals surface area contributed by atoms with Gasteiger partial charge >= 0.3 is 5.97 Å². The molecule has 1 aliphatic heterocycles. The van der Waals surface area contributed by atoms with Crippen LogP contribution in [-0.2, 0) is 19.1 Å². The Morgan fingerprint density at radius 3 is 2.70 bits per heavy atom. The average Bonchev–Trinajstić information content (AvgIpc) is 2.98. The monoisotopic (exact) mass is 285 g/mol. The molecule has 20 heavy (non-hydrogen) atoms. The number of carbonyl (C=O) groups is 2. The normalized spacial score (nSPS) is 19.6. The number of unbranched alkanes of at least 4 members (excludes halogenated alkanes) is 2. The van der Waals surface area contributed by atoms with Crippen molar-refractivity contribution in [3.8, 4) is 0 Å². The van der Waals surface area contributed by atoms with E-state index in [9.17, 15) is 9.59 Å². The third-order valence-corrected chi connectivity index (χ3v) is 3.65. The molecule has 0 spiro atoms. The van der Waals surface area contributed by atoms with Crippen molar-refractivity contribution in [2.75, 3.05) is 26.8 Å². The predicted molar refractivity (Wildman–Crippen MR) is 76.3 cm³/mol. The van der Waals surface area contributed by atoms with E-state index in [2.05, 4.69) is 6.92 Å². The molecule has 1 saturated heterocycles. The molecule has 2 atom stereocenters. The number of carbonyl (C=O) groups excluding carboxylic acids is 2. The van der Waals surface area contributed by atoms with Gasteiger partial charge in [-0.3, -0.25) is 9.59 Å². The molecule has 5 heteroatoms. The summed E-state index contributed by atoms with van der Waals surface area (Å²) >= 11 is 0. The van der Waals surface area contributed by atoms with E-state index in [0.717, 1.165) is 32.1 Å². The third-order valence-electron chi connectivity index (χ3n) is 3.65. The molecule has 1 aliphatic rings. The topological polar surface area (TPSA) is 55.8 Å². The summed E-state index contributed by atoms with van der Waals surface area (Å²) in [4.78, 5) is 25.7. The summed E-state index contributed by atoms with van der Waals surface area (Å²) in [5, 5.41) is 0. The maximum Gasteiger partial charge on any atom is 0.310 e. The molecule has 0 aliphatic carbocycles. The van der Waals surface area contributed by atoms with Gasteiger partial charge in [0.2, 0.25) is 0 Å². The Morgan fingerprint density at radius 2 is 2.15 bits per heavy atom. The van der Waals surface area contributed by atoms with Gasteiger partial charge in [-0.25, -0.2) is 0 Å². The Bertz CT molecular complexity index is 313. The zero-order valence-electron chi connectivity index (χ0n) is 12.9. The molecule has 0 saturated carbocycles. The summed E-state index contributed by atoms with van der Waals surface area (Å²) < 4.78 is 10.2. The van der Waals surface area contributed by atoms with E-state index in [4.69, 9.17) is 9.47 Å². The quantitative estimate of drug-likeness (QED) is 0.505. The fourth-order valence-corrected chi connectivity index (χ4v) is 2.43. The SMILES string of the molecule is CCCCCN(CC(C)C(=O)OC)C(=O)C1CCCO1. The molecule has 0 N–H and O–H groups in total. The van der Waals surface area contributed by atoms with Crippen molar-refractivity contribution in [3.05, 3.63) is 0 Å². The van der Waals surface area contributed by atoms with Gasteiger partial charge in [-0.2, -0.15) is 0 Å². The molecule has 1 heterocycles. The smallest absolute Gasteiger partial charge is 0.310 e. The molecule has 116 valence electrons. The Morgan fingerprint density at radius 1 is 1.40 bits per heavy atom. The van der Waals surface area contributed by atoms with Crippen LogP contribution in [0.25, 0.3) is 0 Å². The summed E-state index contributed by atoms with van der Waals surface area (Å²) in [5.74, 6) is -0.549. The molecule has 0 aromatic rings. The van der Waals surface area contributed by atoms with E-state index in [1.807, 2.05) is 0 Å². The number of esters is 1. The summed E-state index contributed by atoms with van der Waals surface area (Å²) in [6.45, 7) is 5.68. The van der Waals surface area contributed by atoms with Crippen molar-refractivity contribution >= 4 is 11.9 Å². The molecule has 1 rings (SSSR count). The van der Waals surface area contributed by atoms with Crippen LogP contribution in [0.15, 0.2) is 0 Å². The Hall–Kier alpha value is -1.10. The van der Waals surface area contributed by atoms with Gasteiger partial charge in [0.05, 0.1) is 13.0 Å². The largest absolute Gasteiger partial charge is 0.469 e. The number of nitrogens with zero attached hydrogens (tertiary/aromatic N) is 1. The van der Waals surface area contributed by atoms with Gasteiger partial charge < -0.3 is 14.4 Å².